The molecule has 0 aromatic heterocycles. The topological polar surface area (TPSA) is 38.7 Å². The van der Waals surface area contributed by atoms with Crippen LogP contribution in [0, 0.1) is 0 Å². The molecule has 3 heteroatoms. The summed E-state index contributed by atoms with van der Waals surface area (Å²) in [6.07, 6.45) is -0.815. The molecule has 0 aliphatic rings. The third kappa shape index (κ3) is 4.83. The van der Waals surface area contributed by atoms with Crippen molar-refractivity contribution in [2.75, 3.05) is 13.2 Å². The second-order valence-electron chi connectivity index (χ2n) is 8.53. The Kier molecular flexibility index (Phi) is 6.89. The Morgan fingerprint density at radius 1 is 0.543 bits per heavy atom. The highest BCUT2D eigenvalue weighted by molar-refractivity contribution is 5.88. The van der Waals surface area contributed by atoms with E-state index in [9.17, 15) is 5.11 Å². The molecule has 5 aromatic rings. The third-order valence-corrected chi connectivity index (χ3v) is 6.21. The highest BCUT2D eigenvalue weighted by atomic mass is 16.5. The molecule has 0 heterocycles. The molecule has 0 bridgehead atoms. The summed E-state index contributed by atoms with van der Waals surface area (Å²) >= 11 is 0. The summed E-state index contributed by atoms with van der Waals surface area (Å²) in [5.41, 5.74) is 2.13. The van der Waals surface area contributed by atoms with Crippen molar-refractivity contribution in [1.82, 2.24) is 0 Å². The monoisotopic (exact) mass is 460 g/mol. The zero-order valence-electron chi connectivity index (χ0n) is 19.5. The van der Waals surface area contributed by atoms with E-state index in [0.29, 0.717) is 0 Å². The Bertz CT molecular complexity index is 1250. The van der Waals surface area contributed by atoms with Crippen molar-refractivity contribution in [2.24, 2.45) is 0 Å². The number of benzene rings is 5. The lowest BCUT2D eigenvalue weighted by atomic mass is 9.80. The minimum Gasteiger partial charge on any atom is -0.490 e. The first-order chi connectivity index (χ1) is 17.3. The lowest BCUT2D eigenvalue weighted by molar-refractivity contribution is -0.0492. The van der Waals surface area contributed by atoms with Gasteiger partial charge < -0.3 is 14.6 Å². The zero-order chi connectivity index (χ0) is 23.9. The molecule has 0 saturated heterocycles. The molecule has 1 atom stereocenters. The summed E-state index contributed by atoms with van der Waals surface area (Å²) in [6.45, 7) is 0.228. The molecule has 0 saturated carbocycles. The minimum atomic E-state index is -0.871. The summed E-state index contributed by atoms with van der Waals surface area (Å²) < 4.78 is 12.7. The van der Waals surface area contributed by atoms with Crippen LogP contribution < -0.4 is 4.74 Å². The van der Waals surface area contributed by atoms with Gasteiger partial charge in [0.1, 0.15) is 24.1 Å². The smallest absolute Gasteiger partial charge is 0.143 e. The van der Waals surface area contributed by atoms with Crippen LogP contribution in [0.15, 0.2) is 133 Å². The number of hydrogen-bond acceptors (Lipinski definition) is 3. The largest absolute Gasteiger partial charge is 0.490 e. The van der Waals surface area contributed by atoms with E-state index < -0.39 is 11.7 Å². The van der Waals surface area contributed by atoms with E-state index in [2.05, 4.69) is 48.5 Å². The van der Waals surface area contributed by atoms with E-state index in [0.717, 1.165) is 33.2 Å². The second-order valence-corrected chi connectivity index (χ2v) is 8.53. The van der Waals surface area contributed by atoms with Crippen molar-refractivity contribution in [1.29, 1.82) is 0 Å². The molecule has 174 valence electrons. The van der Waals surface area contributed by atoms with Gasteiger partial charge in [-0.2, -0.15) is 0 Å². The summed E-state index contributed by atoms with van der Waals surface area (Å²) in [4.78, 5) is 0. The Hall–Kier alpha value is -3.92. The quantitative estimate of drug-likeness (QED) is 0.252. The predicted octanol–water partition coefficient (Wildman–Crippen LogP) is 6.59. The molecule has 0 radical (unpaired) electrons. The molecule has 0 aliphatic carbocycles. The van der Waals surface area contributed by atoms with Gasteiger partial charge in [0, 0.05) is 5.39 Å². The van der Waals surface area contributed by atoms with Crippen molar-refractivity contribution in [3.63, 3.8) is 0 Å². The van der Waals surface area contributed by atoms with Crippen LogP contribution in [0.5, 0.6) is 5.75 Å². The van der Waals surface area contributed by atoms with E-state index >= 15 is 0 Å². The Balaban J connectivity index is 1.43. The lowest BCUT2D eigenvalue weighted by Gasteiger charge is -2.36. The van der Waals surface area contributed by atoms with E-state index in [1.807, 2.05) is 84.9 Å². The Morgan fingerprint density at radius 3 is 1.60 bits per heavy atom. The lowest BCUT2D eigenvalue weighted by Crippen LogP contribution is -2.37. The maximum Gasteiger partial charge on any atom is 0.143 e. The molecule has 0 aliphatic heterocycles. The highest BCUT2D eigenvalue weighted by Crippen LogP contribution is 2.40. The van der Waals surface area contributed by atoms with Crippen LogP contribution in [0.2, 0.25) is 0 Å². The van der Waals surface area contributed by atoms with Crippen LogP contribution in [0.25, 0.3) is 10.8 Å². The van der Waals surface area contributed by atoms with Crippen LogP contribution >= 0.6 is 0 Å². The van der Waals surface area contributed by atoms with Gasteiger partial charge in [-0.05, 0) is 28.1 Å². The van der Waals surface area contributed by atoms with Crippen molar-refractivity contribution in [3.8, 4) is 5.75 Å². The number of hydrogen-bond donors (Lipinski definition) is 1. The van der Waals surface area contributed by atoms with Gasteiger partial charge >= 0.3 is 0 Å². The number of aliphatic hydroxyl groups is 1. The molecule has 0 spiro atoms. The van der Waals surface area contributed by atoms with E-state index in [1.54, 1.807) is 0 Å². The fourth-order valence-electron chi connectivity index (χ4n) is 4.55. The molecule has 5 rings (SSSR count). The van der Waals surface area contributed by atoms with Crippen LogP contribution in [0.3, 0.4) is 0 Å². The molecule has 1 N–H and O–H groups in total. The summed E-state index contributed by atoms with van der Waals surface area (Å²) in [5.74, 6) is 0.752. The van der Waals surface area contributed by atoms with Crippen LogP contribution in [0.1, 0.15) is 16.7 Å². The summed E-state index contributed by atoms with van der Waals surface area (Å²) in [6, 6.07) is 44.5. The number of aliphatic hydroxyl groups excluding tert-OH is 1. The van der Waals surface area contributed by atoms with Gasteiger partial charge in [0.25, 0.3) is 0 Å². The zero-order valence-corrected chi connectivity index (χ0v) is 19.5. The van der Waals surface area contributed by atoms with Crippen molar-refractivity contribution < 1.29 is 14.6 Å². The van der Waals surface area contributed by atoms with Gasteiger partial charge in [0.2, 0.25) is 0 Å². The molecule has 3 nitrogen and oxygen atoms in total. The molecular weight excluding hydrogens is 432 g/mol. The van der Waals surface area contributed by atoms with Crippen molar-refractivity contribution in [3.05, 3.63) is 150 Å². The molecular formula is C32H28O3. The normalized spacial score (nSPS) is 12.4. The van der Waals surface area contributed by atoms with Gasteiger partial charge in [0.15, 0.2) is 0 Å². The van der Waals surface area contributed by atoms with E-state index in [1.165, 1.54) is 0 Å². The van der Waals surface area contributed by atoms with Crippen LogP contribution in [-0.2, 0) is 10.3 Å². The maximum absolute atomic E-state index is 10.9. The average molecular weight is 461 g/mol. The maximum atomic E-state index is 10.9. The van der Waals surface area contributed by atoms with Gasteiger partial charge in [-0.3, -0.25) is 0 Å². The van der Waals surface area contributed by atoms with Crippen molar-refractivity contribution >= 4 is 10.8 Å². The second kappa shape index (κ2) is 10.6. The average Bonchev–Trinajstić information content (AvgIpc) is 2.94. The van der Waals surface area contributed by atoms with Crippen molar-refractivity contribution in [2.45, 2.75) is 11.7 Å². The van der Waals surface area contributed by atoms with Crippen LogP contribution in [0.4, 0.5) is 0 Å². The fraction of sp³-hybridized carbons (Fsp3) is 0.125. The molecule has 1 unspecified atom stereocenters. The molecule has 5 aromatic carbocycles. The van der Waals surface area contributed by atoms with Gasteiger partial charge in [0.05, 0.1) is 6.61 Å². The van der Waals surface area contributed by atoms with Gasteiger partial charge in [-0.15, -0.1) is 0 Å². The van der Waals surface area contributed by atoms with E-state index in [4.69, 9.17) is 9.47 Å². The first-order valence-corrected chi connectivity index (χ1v) is 11.9. The molecule has 0 amide bonds. The number of ether oxygens (including phenoxy) is 2. The standard InChI is InChI=1S/C32H28O3/c33-29(23-34-31-22-12-14-25-13-10-11-21-30(25)31)24-35-32(26-15-4-1-5-16-26,27-17-6-2-7-18-27)28-19-8-3-9-20-28/h1-22,29,33H,23-24H2. The van der Waals surface area contributed by atoms with Gasteiger partial charge in [-0.25, -0.2) is 0 Å². The summed E-state index contributed by atoms with van der Waals surface area (Å²) in [5, 5.41) is 13.1. The number of fused-ring (bicyclic) bond motifs is 1. The third-order valence-electron chi connectivity index (χ3n) is 6.21. The Labute approximate surface area is 206 Å². The van der Waals surface area contributed by atoms with E-state index in [-0.39, 0.29) is 13.2 Å². The SMILES string of the molecule is OC(COc1cccc2ccccc12)COC(c1ccccc1)(c1ccccc1)c1ccccc1. The van der Waals surface area contributed by atoms with Gasteiger partial charge in [-0.1, -0.05) is 127 Å². The molecule has 35 heavy (non-hydrogen) atoms. The van der Waals surface area contributed by atoms with Crippen LogP contribution in [-0.4, -0.2) is 24.4 Å². The molecule has 0 fully saturated rings. The predicted molar refractivity (Wildman–Crippen MR) is 141 cm³/mol. The first-order valence-electron chi connectivity index (χ1n) is 11.9. The fourth-order valence-corrected chi connectivity index (χ4v) is 4.55. The highest BCUT2D eigenvalue weighted by Gasteiger charge is 2.38. The Morgan fingerprint density at radius 2 is 1.03 bits per heavy atom. The summed E-state index contributed by atoms with van der Waals surface area (Å²) in [7, 11) is 0. The first kappa shape index (κ1) is 22.9. The minimum absolute atomic E-state index is 0.101. The number of rotatable bonds is 9.